The van der Waals surface area contributed by atoms with Crippen molar-refractivity contribution in [2.24, 2.45) is 0 Å². The van der Waals surface area contributed by atoms with Gasteiger partial charge in [0, 0.05) is 5.70 Å². The molecule has 1 nitrogen and oxygen atoms in total. The summed E-state index contributed by atoms with van der Waals surface area (Å²) in [5, 5.41) is 11.3. The fourth-order valence-corrected chi connectivity index (χ4v) is 6.49. The van der Waals surface area contributed by atoms with Gasteiger partial charge in [-0.2, -0.15) is 0 Å². The molecule has 0 radical (unpaired) electrons. The lowest BCUT2D eigenvalue weighted by Crippen LogP contribution is -2.20. The lowest BCUT2D eigenvalue weighted by atomic mass is 9.85. The molecule has 7 aromatic rings. The first-order valence-electron chi connectivity index (χ1n) is 14.6. The molecule has 0 fully saturated rings. The first-order valence-corrected chi connectivity index (χ1v) is 14.6. The number of dihydropyridines is 1. The minimum absolute atomic E-state index is 0.132. The van der Waals surface area contributed by atoms with Crippen LogP contribution in [0.15, 0.2) is 164 Å². The molecule has 1 atom stereocenters. The number of hydrogen-bond donors (Lipinski definition) is 1. The van der Waals surface area contributed by atoms with Crippen LogP contribution in [-0.2, 0) is 0 Å². The fourth-order valence-electron chi connectivity index (χ4n) is 6.49. The van der Waals surface area contributed by atoms with Crippen molar-refractivity contribution < 1.29 is 0 Å². The summed E-state index contributed by atoms with van der Waals surface area (Å²) in [5.74, 6) is 0. The zero-order valence-corrected chi connectivity index (χ0v) is 23.2. The second kappa shape index (κ2) is 10.2. The maximum absolute atomic E-state index is 3.72. The van der Waals surface area contributed by atoms with E-state index >= 15 is 0 Å². The second-order valence-electron chi connectivity index (χ2n) is 11.0. The SMILES string of the molecule is C1=CC(c2ccc3cc(-c4c5ccccc5c(-c5ccccc5)c5ccccc45)ccc3c2)NC(c2ccccc2)=C1. The van der Waals surface area contributed by atoms with E-state index in [0.29, 0.717) is 0 Å². The lowest BCUT2D eigenvalue weighted by molar-refractivity contribution is 0.765. The van der Waals surface area contributed by atoms with E-state index in [2.05, 4.69) is 169 Å². The molecule has 42 heavy (non-hydrogen) atoms. The first-order chi connectivity index (χ1) is 20.8. The third kappa shape index (κ3) is 4.19. The van der Waals surface area contributed by atoms with Crippen LogP contribution in [0.1, 0.15) is 17.2 Å². The average Bonchev–Trinajstić information content (AvgIpc) is 3.07. The maximum Gasteiger partial charge on any atom is 0.0701 e. The summed E-state index contributed by atoms with van der Waals surface area (Å²) in [5.41, 5.74) is 8.70. The number of hydrogen-bond acceptors (Lipinski definition) is 1. The molecule has 0 aromatic heterocycles. The molecular formula is C41H29N. The molecule has 0 bridgehead atoms. The molecule has 1 heterocycles. The number of benzene rings is 7. The minimum Gasteiger partial charge on any atom is -0.374 e. The largest absolute Gasteiger partial charge is 0.374 e. The van der Waals surface area contributed by atoms with Gasteiger partial charge in [0.05, 0.1) is 6.04 Å². The van der Waals surface area contributed by atoms with Crippen molar-refractivity contribution in [1.82, 2.24) is 5.32 Å². The summed E-state index contributed by atoms with van der Waals surface area (Å²) in [6.45, 7) is 0. The van der Waals surface area contributed by atoms with Gasteiger partial charge in [0.1, 0.15) is 0 Å². The first kappa shape index (κ1) is 24.4. The Labute approximate surface area is 246 Å². The van der Waals surface area contributed by atoms with Crippen molar-refractivity contribution in [2.45, 2.75) is 6.04 Å². The van der Waals surface area contributed by atoms with Gasteiger partial charge in [0.25, 0.3) is 0 Å². The van der Waals surface area contributed by atoms with Gasteiger partial charge >= 0.3 is 0 Å². The number of allylic oxidation sites excluding steroid dienone is 2. The van der Waals surface area contributed by atoms with Crippen LogP contribution in [0.5, 0.6) is 0 Å². The average molecular weight is 536 g/mol. The predicted octanol–water partition coefficient (Wildman–Crippen LogP) is 10.7. The molecule has 1 heteroatoms. The molecule has 8 rings (SSSR count). The van der Waals surface area contributed by atoms with E-state index in [0.717, 1.165) is 5.70 Å². The Bertz CT molecular complexity index is 2100. The summed E-state index contributed by atoms with van der Waals surface area (Å²) in [6, 6.07) is 52.9. The van der Waals surface area contributed by atoms with E-state index in [4.69, 9.17) is 0 Å². The van der Waals surface area contributed by atoms with E-state index in [-0.39, 0.29) is 6.04 Å². The Balaban J connectivity index is 1.23. The molecule has 1 aliphatic heterocycles. The summed E-state index contributed by atoms with van der Waals surface area (Å²) in [4.78, 5) is 0. The molecular weight excluding hydrogens is 506 g/mol. The number of fused-ring (bicyclic) bond motifs is 3. The summed E-state index contributed by atoms with van der Waals surface area (Å²) in [7, 11) is 0. The van der Waals surface area contributed by atoms with Crippen molar-refractivity contribution in [2.75, 3.05) is 0 Å². The molecule has 0 aliphatic carbocycles. The van der Waals surface area contributed by atoms with Crippen LogP contribution in [-0.4, -0.2) is 0 Å². The zero-order valence-electron chi connectivity index (χ0n) is 23.2. The van der Waals surface area contributed by atoms with Gasteiger partial charge in [-0.25, -0.2) is 0 Å². The van der Waals surface area contributed by atoms with Gasteiger partial charge in [0.2, 0.25) is 0 Å². The van der Waals surface area contributed by atoms with Crippen LogP contribution in [0.3, 0.4) is 0 Å². The molecule has 0 saturated heterocycles. The summed E-state index contributed by atoms with van der Waals surface area (Å²) < 4.78 is 0. The smallest absolute Gasteiger partial charge is 0.0701 e. The Morgan fingerprint density at radius 2 is 0.952 bits per heavy atom. The van der Waals surface area contributed by atoms with Gasteiger partial charge in [-0.3, -0.25) is 0 Å². The summed E-state index contributed by atoms with van der Waals surface area (Å²) in [6.07, 6.45) is 6.54. The highest BCUT2D eigenvalue weighted by molar-refractivity contribution is 6.21. The van der Waals surface area contributed by atoms with E-state index < -0.39 is 0 Å². The van der Waals surface area contributed by atoms with Gasteiger partial charge in [0.15, 0.2) is 0 Å². The third-order valence-corrected chi connectivity index (χ3v) is 8.47. The van der Waals surface area contributed by atoms with E-state index in [1.807, 2.05) is 0 Å². The van der Waals surface area contributed by atoms with Crippen molar-refractivity contribution in [1.29, 1.82) is 0 Å². The molecule has 7 aromatic carbocycles. The van der Waals surface area contributed by atoms with Crippen molar-refractivity contribution in [3.05, 3.63) is 175 Å². The number of nitrogens with one attached hydrogen (secondary N) is 1. The second-order valence-corrected chi connectivity index (χ2v) is 11.0. The monoisotopic (exact) mass is 535 g/mol. The highest BCUT2D eigenvalue weighted by Crippen LogP contribution is 2.44. The van der Waals surface area contributed by atoms with E-state index in [9.17, 15) is 0 Å². The van der Waals surface area contributed by atoms with Crippen LogP contribution in [0, 0.1) is 0 Å². The van der Waals surface area contributed by atoms with Crippen LogP contribution in [0.4, 0.5) is 0 Å². The minimum atomic E-state index is 0.132. The lowest BCUT2D eigenvalue weighted by Gasteiger charge is -2.23. The summed E-state index contributed by atoms with van der Waals surface area (Å²) >= 11 is 0. The highest BCUT2D eigenvalue weighted by Gasteiger charge is 2.17. The van der Waals surface area contributed by atoms with Crippen LogP contribution in [0.2, 0.25) is 0 Å². The highest BCUT2D eigenvalue weighted by atomic mass is 14.9. The molecule has 0 amide bonds. The van der Waals surface area contributed by atoms with Crippen molar-refractivity contribution in [3.8, 4) is 22.3 Å². The molecule has 1 N–H and O–H groups in total. The van der Waals surface area contributed by atoms with Crippen molar-refractivity contribution >= 4 is 38.0 Å². The topological polar surface area (TPSA) is 12.0 Å². The molecule has 0 saturated carbocycles. The molecule has 1 aliphatic rings. The molecule has 0 spiro atoms. The Morgan fingerprint density at radius 1 is 0.429 bits per heavy atom. The third-order valence-electron chi connectivity index (χ3n) is 8.47. The Hall–Kier alpha value is -5.40. The Kier molecular flexibility index (Phi) is 5.93. The predicted molar refractivity (Wildman–Crippen MR) is 179 cm³/mol. The zero-order chi connectivity index (χ0) is 27.9. The van der Waals surface area contributed by atoms with Gasteiger partial charge in [-0.1, -0.05) is 146 Å². The number of rotatable bonds is 4. The van der Waals surface area contributed by atoms with E-state index in [1.165, 1.54) is 65.7 Å². The standard InChI is InChI=1S/C41H29N/c1-3-12-28(13-4-1)38-20-11-21-39(42-38)32-24-22-31-27-33(25-23-30(31)26-32)41-36-18-9-7-16-34(36)40(29-14-5-2-6-15-29)35-17-8-10-19-37(35)41/h1-27,39,42H. The van der Waals surface area contributed by atoms with Gasteiger partial charge in [-0.15, -0.1) is 0 Å². The molecule has 1 unspecified atom stereocenters. The fraction of sp³-hybridized carbons (Fsp3) is 0.0244. The van der Waals surface area contributed by atoms with Crippen LogP contribution < -0.4 is 5.32 Å². The van der Waals surface area contributed by atoms with Gasteiger partial charge in [-0.05, 0) is 83.9 Å². The maximum atomic E-state index is 3.72. The van der Waals surface area contributed by atoms with Gasteiger partial charge < -0.3 is 5.32 Å². The quantitative estimate of drug-likeness (QED) is 0.221. The Morgan fingerprint density at radius 3 is 1.60 bits per heavy atom. The van der Waals surface area contributed by atoms with Crippen LogP contribution in [0.25, 0.3) is 60.3 Å². The van der Waals surface area contributed by atoms with Crippen LogP contribution >= 0.6 is 0 Å². The molecule has 198 valence electrons. The van der Waals surface area contributed by atoms with E-state index in [1.54, 1.807) is 0 Å². The van der Waals surface area contributed by atoms with Crippen molar-refractivity contribution in [3.63, 3.8) is 0 Å². The normalized spacial score (nSPS) is 14.7.